The predicted octanol–water partition coefficient (Wildman–Crippen LogP) is 13.5. The third-order valence-electron chi connectivity index (χ3n) is 12.8. The number of nitrogens with zero attached hydrogens (tertiary/aromatic N) is 3. The number of hydrogen-bond donors (Lipinski definition) is 6. The van der Waals surface area contributed by atoms with E-state index in [0.29, 0.717) is 45.5 Å². The number of nitrogens with one attached hydrogen (secondary N) is 2. The van der Waals surface area contributed by atoms with Crippen LogP contribution < -0.4 is 30.6 Å². The Bertz CT molecular complexity index is 3990. The molecule has 24 nitrogen and oxygen atoms in total. The Morgan fingerprint density at radius 3 is 1.04 bits per heavy atom. The zero-order valence-electron chi connectivity index (χ0n) is 50.9. The summed E-state index contributed by atoms with van der Waals surface area (Å²) in [4.78, 5) is 80.0. The number of nitrogens with two attached hydrogens (primary N) is 1. The molecule has 0 aromatic heterocycles. The van der Waals surface area contributed by atoms with Gasteiger partial charge in [0.25, 0.3) is 11.8 Å². The van der Waals surface area contributed by atoms with Crippen molar-refractivity contribution in [1.29, 1.82) is 0 Å². The maximum absolute atomic E-state index is 12.7. The fourth-order valence-corrected chi connectivity index (χ4v) is 8.19. The first-order valence-electron chi connectivity index (χ1n) is 28.0. The first-order valence-corrected chi connectivity index (χ1v) is 29.0. The Kier molecular flexibility index (Phi) is 30.9. The van der Waals surface area contributed by atoms with Crippen molar-refractivity contribution in [2.75, 3.05) is 16.4 Å². The van der Waals surface area contributed by atoms with Crippen LogP contribution in [0.5, 0.6) is 17.2 Å². The average molecular weight is 1310 g/mol. The summed E-state index contributed by atoms with van der Waals surface area (Å²) in [6, 6.07) is 56.3. The number of nitrogen functional groups attached to an aromatic ring is 1. The third-order valence-corrected chi connectivity index (χ3v) is 12.8. The number of carbonyl (C=O) groups is 4. The van der Waals surface area contributed by atoms with Crippen molar-refractivity contribution in [3.05, 3.63) is 297 Å². The summed E-state index contributed by atoms with van der Waals surface area (Å²) >= 11 is -1.44. The number of nitro benzene ring substituents is 3. The monoisotopic (exact) mass is 1310 g/mol. The summed E-state index contributed by atoms with van der Waals surface area (Å²) in [6.45, 7) is 9.41. The molecule has 9 rings (SSSR count). The van der Waals surface area contributed by atoms with Crippen LogP contribution in [0.4, 0.5) is 34.1 Å². The van der Waals surface area contributed by atoms with Gasteiger partial charge in [0, 0.05) is 22.6 Å². The zero-order valence-corrected chi connectivity index (χ0v) is 52.1. The molecule has 0 spiro atoms. The quantitative estimate of drug-likeness (QED) is 0.0136. The van der Waals surface area contributed by atoms with E-state index in [0.717, 1.165) is 27.9 Å². The van der Waals surface area contributed by atoms with Gasteiger partial charge in [0.1, 0.15) is 42.8 Å². The molecule has 0 unspecified atom stereocenters. The molecule has 7 N–H and O–H groups in total. The van der Waals surface area contributed by atoms with E-state index in [1.807, 2.05) is 105 Å². The van der Waals surface area contributed by atoms with E-state index in [1.54, 1.807) is 106 Å². The standard InChI is InChI=1S/C22H20N2O5.C22H18N2O5.C15H13NO5.C7H9NO.C2H6.Mn.2O/c2*1-15-7-12-19(22(26)23-18-10-8-16(13-25)9-11-18)20(24(27)28)21(15)29-14-17-5-3-2-4-6-17;1-10-7-8-12(15(17)18)13(16(19)20)14(10)21-9-11-5-3-2-4-6-11;8-7-3-1-6(5-9)2-4-7;1-2;;;/h2-12,25H,13-14H2,1H3,(H,23,26);2-13H,14H2,1H3,(H,23,26);2-8H,9H2,1H3,(H,17,18);1-4,9H,5,8H2;1-2H3;;;. The molecule has 2 amide bonds. The molecular weight excluding hydrogens is 1240 g/mol. The Hall–Kier alpha value is -11.5. The molecule has 0 heterocycles. The minimum atomic E-state index is -1.44. The molecule has 0 aliphatic carbocycles. The molecule has 0 bridgehead atoms. The number of aryl methyl sites for hydroxylation is 3. The normalized spacial score (nSPS) is 9.84. The van der Waals surface area contributed by atoms with Crippen LogP contribution in [0.15, 0.2) is 200 Å². The molecule has 0 radical (unpaired) electrons. The number of aliphatic hydroxyl groups excluding tert-OH is 2. The molecule has 0 aliphatic rings. The Balaban J connectivity index is 0.000000272. The van der Waals surface area contributed by atoms with Crippen molar-refractivity contribution in [2.24, 2.45) is 0 Å². The second-order valence-corrected chi connectivity index (χ2v) is 19.4. The molecule has 25 heteroatoms. The topological polar surface area (TPSA) is 370 Å². The van der Waals surface area contributed by atoms with Crippen molar-refractivity contribution < 1.29 is 86.0 Å². The van der Waals surface area contributed by atoms with Crippen molar-refractivity contribution in [3.8, 4) is 17.2 Å². The van der Waals surface area contributed by atoms with E-state index in [-0.39, 0.29) is 78.3 Å². The summed E-state index contributed by atoms with van der Waals surface area (Å²) in [5, 5.41) is 66.7. The zero-order chi connectivity index (χ0) is 68.4. The van der Waals surface area contributed by atoms with Crippen molar-refractivity contribution in [2.45, 2.75) is 67.7 Å². The van der Waals surface area contributed by atoms with Gasteiger partial charge in [-0.1, -0.05) is 147 Å². The van der Waals surface area contributed by atoms with E-state index in [4.69, 9.17) is 42.9 Å². The van der Waals surface area contributed by atoms with Crippen LogP contribution in [-0.4, -0.2) is 54.2 Å². The van der Waals surface area contributed by atoms with E-state index in [2.05, 4.69) is 10.6 Å². The van der Waals surface area contributed by atoms with Crippen LogP contribution in [0.1, 0.15) is 99.8 Å². The summed E-state index contributed by atoms with van der Waals surface area (Å²) in [7, 11) is 0. The van der Waals surface area contributed by atoms with Crippen molar-refractivity contribution >= 4 is 58.2 Å². The van der Waals surface area contributed by atoms with E-state index in [1.165, 1.54) is 24.3 Å². The van der Waals surface area contributed by atoms with Gasteiger partial charge in [0.05, 0.1) is 28.0 Å². The van der Waals surface area contributed by atoms with Crippen molar-refractivity contribution in [3.63, 3.8) is 0 Å². The number of ether oxygens (including phenoxy) is 3. The molecule has 0 atom stereocenters. The number of carboxylic acid groups (broad SMARTS) is 1. The molecule has 9 aromatic rings. The van der Waals surface area contributed by atoms with Gasteiger partial charge in [-0.25, -0.2) is 4.79 Å². The number of aldehydes is 1. The van der Waals surface area contributed by atoms with Gasteiger partial charge in [-0.3, -0.25) is 44.7 Å². The summed E-state index contributed by atoms with van der Waals surface area (Å²) in [5.74, 6) is -2.49. The van der Waals surface area contributed by atoms with E-state index < -0.39 is 53.1 Å². The number of carboxylic acids is 1. The molecule has 0 saturated heterocycles. The van der Waals surface area contributed by atoms with Crippen LogP contribution in [0.2, 0.25) is 0 Å². The van der Waals surface area contributed by atoms with Crippen LogP contribution in [-0.2, 0) is 55.5 Å². The molecule has 93 heavy (non-hydrogen) atoms. The van der Waals surface area contributed by atoms with Gasteiger partial charge in [-0.05, 0) is 132 Å². The number of aliphatic hydroxyl groups is 2. The second kappa shape index (κ2) is 38.8. The average Bonchev–Trinajstić information content (AvgIpc) is 0.839. The van der Waals surface area contributed by atoms with Crippen LogP contribution in [0, 0.1) is 51.1 Å². The number of amides is 2. The number of anilines is 3. The summed E-state index contributed by atoms with van der Waals surface area (Å²) < 4.78 is 33.8. The predicted molar refractivity (Wildman–Crippen MR) is 342 cm³/mol. The number of benzene rings is 9. The number of hydrogen-bond acceptors (Lipinski definition) is 18. The fourth-order valence-electron chi connectivity index (χ4n) is 8.19. The molecular formula is C68H66MnN6O18. The molecule has 0 aliphatic heterocycles. The first kappa shape index (κ1) is 74.0. The van der Waals surface area contributed by atoms with Gasteiger partial charge >= 0.3 is 45.5 Å². The molecule has 9 aromatic carbocycles. The van der Waals surface area contributed by atoms with Gasteiger partial charge in [0.15, 0.2) is 0 Å². The van der Waals surface area contributed by atoms with Gasteiger partial charge in [0.2, 0.25) is 17.2 Å². The second-order valence-electron chi connectivity index (χ2n) is 19.2. The van der Waals surface area contributed by atoms with Gasteiger partial charge in [-0.15, -0.1) is 0 Å². The fraction of sp³-hybridized carbons (Fsp3) is 0.147. The molecule has 483 valence electrons. The van der Waals surface area contributed by atoms with Gasteiger partial charge in [-0.2, -0.15) is 0 Å². The minimum absolute atomic E-state index is 0.0104. The Labute approximate surface area is 540 Å². The summed E-state index contributed by atoms with van der Waals surface area (Å²) in [6.07, 6.45) is 0.687. The third kappa shape index (κ3) is 23.1. The number of carbonyl (C=O) groups excluding carboxylic acids is 3. The Morgan fingerprint density at radius 2 is 0.753 bits per heavy atom. The van der Waals surface area contributed by atoms with E-state index in [9.17, 15) is 49.5 Å². The van der Waals surface area contributed by atoms with Crippen LogP contribution in [0.25, 0.3) is 0 Å². The van der Waals surface area contributed by atoms with Crippen LogP contribution in [0.3, 0.4) is 0 Å². The number of aromatic carboxylic acids is 1. The van der Waals surface area contributed by atoms with Crippen LogP contribution >= 0.6 is 0 Å². The number of nitro groups is 3. The first-order chi connectivity index (χ1) is 44.7. The molecule has 0 saturated carbocycles. The maximum atomic E-state index is 12.7. The van der Waals surface area contributed by atoms with E-state index >= 15 is 0 Å². The van der Waals surface area contributed by atoms with Crippen molar-refractivity contribution in [1.82, 2.24) is 0 Å². The molecule has 0 fully saturated rings. The van der Waals surface area contributed by atoms with Gasteiger partial charge < -0.3 is 45.9 Å². The Morgan fingerprint density at radius 1 is 0.462 bits per heavy atom. The summed E-state index contributed by atoms with van der Waals surface area (Å²) in [5.41, 5.74) is 11.4. The SMILES string of the molecule is CC.Cc1ccc(C(=O)Nc2ccc(C=O)cc2)c([N+](=O)[O-])c1OCc1ccccc1.Cc1ccc(C(=O)Nc2ccc(CO)cc2)c([N+](=O)[O-])c1OCc1ccccc1.Cc1ccc(C(=O)O)c([N+](=O)[O-])c1OCc1ccccc1.Nc1ccc(CO)cc1.[O]=[Mn]=[O]. The number of rotatable bonds is 20.